The molecular weight excluding hydrogens is 279 g/mol. The van der Waals surface area contributed by atoms with Crippen LogP contribution < -0.4 is 0 Å². The van der Waals surface area contributed by atoms with Crippen LogP contribution in [0.5, 0.6) is 11.5 Å². The van der Waals surface area contributed by atoms with Gasteiger partial charge < -0.3 is 15.3 Å². The molecule has 2 rings (SSSR count). The molecule has 0 heterocycles. The minimum Gasteiger partial charge on any atom is -0.508 e. The van der Waals surface area contributed by atoms with Gasteiger partial charge in [-0.15, -0.1) is 0 Å². The zero-order valence-corrected chi connectivity index (χ0v) is 10.7. The second kappa shape index (κ2) is 5.62. The second-order valence-corrected chi connectivity index (χ2v) is 4.41. The zero-order valence-electron chi connectivity index (χ0n) is 10.7. The predicted octanol–water partition coefficient (Wildman–Crippen LogP) is 2.36. The van der Waals surface area contributed by atoms with Gasteiger partial charge in [0.1, 0.15) is 17.3 Å². The monoisotopic (exact) mass is 290 g/mol. The number of phenolic OH excluding ortho intramolecular Hbond substituents is 2. The van der Waals surface area contributed by atoms with Crippen LogP contribution in [0.15, 0.2) is 36.4 Å². The van der Waals surface area contributed by atoms with Crippen LogP contribution in [0.2, 0.25) is 0 Å². The van der Waals surface area contributed by atoms with Gasteiger partial charge in [-0.25, -0.2) is 9.18 Å². The Morgan fingerprint density at radius 2 is 1.76 bits per heavy atom. The molecule has 0 aliphatic rings. The number of carbonyl (C=O) groups excluding carboxylic acids is 1. The number of halogens is 1. The Hall–Kier alpha value is -2.89. The molecule has 0 saturated heterocycles. The minimum atomic E-state index is -1.26. The number of Topliss-reactive ketones (excluding diaryl/α,β-unsaturated/α-hetero) is 1. The Labute approximate surface area is 118 Å². The number of hydrogen-bond donors (Lipinski definition) is 3. The Bertz CT molecular complexity index is 724. The standard InChI is InChI=1S/C15H11FO5/c16-12-5-9(15(20)21)2-1-8(12)6-13(18)11-4-3-10(17)7-14(11)19/h1-5,7,17,19H,6H2,(H,20,21). The lowest BCUT2D eigenvalue weighted by Crippen LogP contribution is -2.07. The van der Waals surface area contributed by atoms with Gasteiger partial charge in [0.2, 0.25) is 0 Å². The SMILES string of the molecule is O=C(O)c1ccc(CC(=O)c2ccc(O)cc2O)c(F)c1. The molecule has 0 amide bonds. The van der Waals surface area contributed by atoms with E-state index in [0.717, 1.165) is 12.1 Å². The van der Waals surface area contributed by atoms with E-state index in [1.54, 1.807) is 0 Å². The molecule has 0 aromatic heterocycles. The summed E-state index contributed by atoms with van der Waals surface area (Å²) in [7, 11) is 0. The first kappa shape index (κ1) is 14.5. The molecule has 0 saturated carbocycles. The van der Waals surface area contributed by atoms with Gasteiger partial charge in [0.15, 0.2) is 5.78 Å². The van der Waals surface area contributed by atoms with E-state index >= 15 is 0 Å². The highest BCUT2D eigenvalue weighted by molar-refractivity contribution is 6.00. The van der Waals surface area contributed by atoms with E-state index < -0.39 is 23.3 Å². The van der Waals surface area contributed by atoms with Crippen LogP contribution in [-0.4, -0.2) is 27.1 Å². The third-order valence-electron chi connectivity index (χ3n) is 2.93. The number of aromatic hydroxyl groups is 2. The molecule has 21 heavy (non-hydrogen) atoms. The van der Waals surface area contributed by atoms with Crippen molar-refractivity contribution in [1.29, 1.82) is 0 Å². The molecule has 0 fully saturated rings. The molecule has 0 unspecified atom stereocenters. The third-order valence-corrected chi connectivity index (χ3v) is 2.93. The largest absolute Gasteiger partial charge is 0.508 e. The molecule has 0 aliphatic carbocycles. The number of phenols is 2. The van der Waals surface area contributed by atoms with Gasteiger partial charge in [0.25, 0.3) is 0 Å². The molecule has 2 aromatic rings. The molecule has 0 bridgehead atoms. The van der Waals surface area contributed by atoms with E-state index in [9.17, 15) is 19.1 Å². The van der Waals surface area contributed by atoms with Gasteiger partial charge in [-0.3, -0.25) is 4.79 Å². The summed E-state index contributed by atoms with van der Waals surface area (Å²) in [6, 6.07) is 6.73. The molecule has 2 aromatic carbocycles. The van der Waals surface area contributed by atoms with Crippen molar-refractivity contribution in [3.63, 3.8) is 0 Å². The first-order valence-electron chi connectivity index (χ1n) is 5.95. The highest BCUT2D eigenvalue weighted by Gasteiger charge is 2.16. The van der Waals surface area contributed by atoms with E-state index in [4.69, 9.17) is 10.2 Å². The van der Waals surface area contributed by atoms with Crippen molar-refractivity contribution in [3.05, 3.63) is 58.9 Å². The van der Waals surface area contributed by atoms with Gasteiger partial charge in [0, 0.05) is 12.5 Å². The summed E-state index contributed by atoms with van der Waals surface area (Å²) in [5, 5.41) is 27.5. The number of hydrogen-bond acceptors (Lipinski definition) is 4. The summed E-state index contributed by atoms with van der Waals surface area (Å²) in [5.74, 6) is -3.21. The summed E-state index contributed by atoms with van der Waals surface area (Å²) in [4.78, 5) is 22.7. The van der Waals surface area contributed by atoms with Crippen molar-refractivity contribution < 1.29 is 29.3 Å². The van der Waals surface area contributed by atoms with Crippen molar-refractivity contribution in [2.75, 3.05) is 0 Å². The lowest BCUT2D eigenvalue weighted by atomic mass is 10.0. The number of carboxylic acids is 1. The first-order chi connectivity index (χ1) is 9.88. The lowest BCUT2D eigenvalue weighted by Gasteiger charge is -2.06. The molecular formula is C15H11FO5. The fourth-order valence-electron chi connectivity index (χ4n) is 1.85. The van der Waals surface area contributed by atoms with Crippen LogP contribution in [0, 0.1) is 5.82 Å². The highest BCUT2D eigenvalue weighted by Crippen LogP contribution is 2.24. The second-order valence-electron chi connectivity index (χ2n) is 4.41. The van der Waals surface area contributed by atoms with Crippen molar-refractivity contribution >= 4 is 11.8 Å². The third kappa shape index (κ3) is 3.17. The number of aromatic carboxylic acids is 1. The average molecular weight is 290 g/mol. The normalized spacial score (nSPS) is 10.3. The molecule has 0 radical (unpaired) electrons. The first-order valence-corrected chi connectivity index (χ1v) is 5.95. The van der Waals surface area contributed by atoms with Gasteiger partial charge in [-0.05, 0) is 29.8 Å². The van der Waals surface area contributed by atoms with Crippen molar-refractivity contribution in [1.82, 2.24) is 0 Å². The average Bonchev–Trinajstić information content (AvgIpc) is 2.40. The van der Waals surface area contributed by atoms with E-state index in [1.807, 2.05) is 0 Å². The van der Waals surface area contributed by atoms with Crippen molar-refractivity contribution in [2.45, 2.75) is 6.42 Å². The maximum absolute atomic E-state index is 13.7. The van der Waals surface area contributed by atoms with Gasteiger partial charge in [0.05, 0.1) is 11.1 Å². The van der Waals surface area contributed by atoms with Crippen LogP contribution in [-0.2, 0) is 6.42 Å². The number of carboxylic acid groups (broad SMARTS) is 1. The summed E-state index contributed by atoms with van der Waals surface area (Å²) in [5.41, 5.74) is -0.233. The van der Waals surface area contributed by atoms with E-state index in [1.165, 1.54) is 24.3 Å². The summed E-state index contributed by atoms with van der Waals surface area (Å²) in [6.45, 7) is 0. The van der Waals surface area contributed by atoms with Crippen LogP contribution in [0.25, 0.3) is 0 Å². The lowest BCUT2D eigenvalue weighted by molar-refractivity contribution is 0.0696. The minimum absolute atomic E-state index is 0.0254. The van der Waals surface area contributed by atoms with E-state index in [0.29, 0.717) is 0 Å². The van der Waals surface area contributed by atoms with Crippen LogP contribution in [0.3, 0.4) is 0 Å². The maximum atomic E-state index is 13.7. The Morgan fingerprint density at radius 3 is 2.33 bits per heavy atom. The fraction of sp³-hybridized carbons (Fsp3) is 0.0667. The van der Waals surface area contributed by atoms with E-state index in [-0.39, 0.29) is 28.9 Å². The quantitative estimate of drug-likeness (QED) is 0.751. The van der Waals surface area contributed by atoms with Gasteiger partial charge >= 0.3 is 5.97 Å². The van der Waals surface area contributed by atoms with Crippen LogP contribution >= 0.6 is 0 Å². The number of rotatable bonds is 4. The topological polar surface area (TPSA) is 94.8 Å². The van der Waals surface area contributed by atoms with Crippen molar-refractivity contribution in [2.24, 2.45) is 0 Å². The number of carbonyl (C=O) groups is 2. The summed E-state index contributed by atoms with van der Waals surface area (Å²) >= 11 is 0. The number of benzene rings is 2. The van der Waals surface area contributed by atoms with E-state index in [2.05, 4.69) is 0 Å². The van der Waals surface area contributed by atoms with Gasteiger partial charge in [-0.2, -0.15) is 0 Å². The molecule has 108 valence electrons. The molecule has 6 heteroatoms. The molecule has 0 aliphatic heterocycles. The van der Waals surface area contributed by atoms with Crippen LogP contribution in [0.4, 0.5) is 4.39 Å². The molecule has 0 spiro atoms. The predicted molar refractivity (Wildman–Crippen MR) is 71.2 cm³/mol. The summed E-state index contributed by atoms with van der Waals surface area (Å²) in [6.07, 6.45) is -0.329. The Balaban J connectivity index is 2.25. The van der Waals surface area contributed by atoms with Crippen molar-refractivity contribution in [3.8, 4) is 11.5 Å². The molecule has 0 atom stereocenters. The molecule has 3 N–H and O–H groups in total. The Morgan fingerprint density at radius 1 is 1.05 bits per heavy atom. The fourth-order valence-corrected chi connectivity index (χ4v) is 1.85. The van der Waals surface area contributed by atoms with Gasteiger partial charge in [-0.1, -0.05) is 6.07 Å². The Kier molecular flexibility index (Phi) is 3.89. The smallest absolute Gasteiger partial charge is 0.335 e. The maximum Gasteiger partial charge on any atom is 0.335 e. The number of ketones is 1. The summed E-state index contributed by atoms with van der Waals surface area (Å²) < 4.78 is 13.7. The molecule has 5 nitrogen and oxygen atoms in total. The van der Waals surface area contributed by atoms with Crippen LogP contribution in [0.1, 0.15) is 26.3 Å². The highest BCUT2D eigenvalue weighted by atomic mass is 19.1. The zero-order chi connectivity index (χ0) is 15.6.